The van der Waals surface area contributed by atoms with Crippen LogP contribution >= 0.6 is 41.4 Å². The van der Waals surface area contributed by atoms with Crippen molar-refractivity contribution in [3.63, 3.8) is 0 Å². The van der Waals surface area contributed by atoms with Crippen LogP contribution in [0.1, 0.15) is 104 Å². The summed E-state index contributed by atoms with van der Waals surface area (Å²) < 4.78 is 39.3. The van der Waals surface area contributed by atoms with Crippen molar-refractivity contribution in [2.75, 3.05) is 0 Å². The number of halogens is 3. The molecule has 0 atom stereocenters. The van der Waals surface area contributed by atoms with E-state index in [0.717, 1.165) is 159 Å². The molecule has 0 fully saturated rings. The third-order valence-corrected chi connectivity index (χ3v) is 22.3. The fourth-order valence-corrected chi connectivity index (χ4v) is 15.5. The molecule has 23 rings (SSSR count). The number of nitrogens with zero attached hydrogens (tertiary/aromatic N) is 12. The second-order valence-corrected chi connectivity index (χ2v) is 34.5. The molecule has 19 nitrogen and oxygen atoms in total. The summed E-state index contributed by atoms with van der Waals surface area (Å²) in [6.45, 7) is 16.3. The molecule has 0 bridgehead atoms. The van der Waals surface area contributed by atoms with Gasteiger partial charge in [-0.3, -0.25) is 19.6 Å². The average molecular weight is 2210 g/mol. The first-order chi connectivity index (χ1) is 60.6. The number of H-pyrrole nitrogens is 2. The molecule has 2 N–H and O–H groups in total. The minimum absolute atomic E-state index is 0. The van der Waals surface area contributed by atoms with Gasteiger partial charge >= 0.3 is 56.4 Å². The van der Waals surface area contributed by atoms with E-state index in [-0.39, 0.29) is 57.2 Å². The summed E-state index contributed by atoms with van der Waals surface area (Å²) in [5.41, 5.74) is 17.5. The van der Waals surface area contributed by atoms with Crippen LogP contribution in [0.5, 0.6) is 0 Å². The number of fused-ring (bicyclic) bond motifs is 15. The summed E-state index contributed by atoms with van der Waals surface area (Å²) in [5.74, 6) is 0. The molecular formula is C104H88BCl2IN14O5Pt2-. The van der Waals surface area contributed by atoms with Crippen LogP contribution in [0.4, 0.5) is 0 Å². The first-order valence-electron chi connectivity index (χ1n) is 39.3. The molecular weight excluding hydrogens is 2120 g/mol. The molecule has 0 spiro atoms. The van der Waals surface area contributed by atoms with E-state index < -0.39 is 27.3 Å². The van der Waals surface area contributed by atoms with Gasteiger partial charge in [-0.1, -0.05) is 179 Å². The van der Waals surface area contributed by atoms with Crippen LogP contribution in [0.25, 0.3) is 132 Å². The quantitative estimate of drug-likeness (QED) is 0.0736. The van der Waals surface area contributed by atoms with Crippen molar-refractivity contribution in [2.45, 2.75) is 80.1 Å². The van der Waals surface area contributed by atoms with Crippen LogP contribution < -0.4 is 0 Å². The summed E-state index contributed by atoms with van der Waals surface area (Å²) in [4.78, 5) is 0. The fraction of sp³-hybridized carbons (Fsp3) is 0.115. The number of para-hydroxylation sites is 8. The Labute approximate surface area is 793 Å². The summed E-state index contributed by atoms with van der Waals surface area (Å²) in [6, 6.07) is 109. The van der Waals surface area contributed by atoms with Gasteiger partial charge in [0, 0.05) is 123 Å². The molecule has 11 heterocycles. The molecule has 649 valence electrons. The largest absolute Gasteiger partial charge is 2.00 e. The van der Waals surface area contributed by atoms with Crippen LogP contribution in [-0.2, 0) is 53.8 Å². The van der Waals surface area contributed by atoms with Crippen LogP contribution in [0.15, 0.2) is 357 Å². The molecule has 0 aliphatic heterocycles. The minimum Gasteiger partial charge on any atom is -0.184 e. The molecule has 0 saturated carbocycles. The van der Waals surface area contributed by atoms with Gasteiger partial charge in [0.15, 0.2) is 11.2 Å². The zero-order chi connectivity index (χ0) is 85.9. The van der Waals surface area contributed by atoms with E-state index in [1.54, 1.807) is 24.5 Å². The molecule has 0 aliphatic rings. The zero-order valence-corrected chi connectivity index (χ0v) is 76.8. The van der Waals surface area contributed by atoms with E-state index in [1.165, 1.54) is 10.8 Å². The molecule has 0 amide bonds. The van der Waals surface area contributed by atoms with Gasteiger partial charge in [-0.05, 0) is 173 Å². The van der Waals surface area contributed by atoms with Crippen molar-refractivity contribution in [3.8, 4) is 35.4 Å². The van der Waals surface area contributed by atoms with Crippen molar-refractivity contribution in [2.24, 2.45) is 0 Å². The summed E-state index contributed by atoms with van der Waals surface area (Å²) in [7, 11) is 9.75. The van der Waals surface area contributed by atoms with E-state index in [2.05, 4.69) is 182 Å². The second kappa shape index (κ2) is 43.0. The van der Waals surface area contributed by atoms with Crippen LogP contribution in [-0.4, -0.2) is 67.9 Å². The van der Waals surface area contributed by atoms with Gasteiger partial charge in [-0.15, -0.1) is 0 Å². The monoisotopic (exact) mass is 2210 g/mol. The smallest absolute Gasteiger partial charge is 0.184 e. The fourth-order valence-electron chi connectivity index (χ4n) is 14.8. The summed E-state index contributed by atoms with van der Waals surface area (Å²) >= 11 is 1.83. The minimum atomic E-state index is -0.472. The van der Waals surface area contributed by atoms with E-state index in [0.29, 0.717) is 5.56 Å². The van der Waals surface area contributed by atoms with E-state index in [4.69, 9.17) is 71.8 Å². The van der Waals surface area contributed by atoms with Crippen LogP contribution in [0.2, 0.25) is 0 Å². The number of nitriles is 2. The number of hydrogen-bond donors (Lipinski definition) is 2. The third kappa shape index (κ3) is 20.0. The van der Waals surface area contributed by atoms with Gasteiger partial charge in [-0.2, -0.15) is 109 Å². The molecule has 23 aromatic rings. The van der Waals surface area contributed by atoms with Gasteiger partial charge < -0.3 is 22.1 Å². The maximum absolute atomic E-state index is 8.29. The predicted molar refractivity (Wildman–Crippen MR) is 522 cm³/mol. The number of aromatic nitrogens is 12. The maximum Gasteiger partial charge on any atom is 2.00 e. The van der Waals surface area contributed by atoms with Crippen molar-refractivity contribution in [1.82, 2.24) is 59.5 Å². The Morgan fingerprint density at radius 2 is 0.667 bits per heavy atom. The molecule has 25 heteroatoms. The molecule has 3 radical (unpaired) electrons. The zero-order valence-electron chi connectivity index (χ0n) is 68.6. The average Bonchev–Trinajstić information content (AvgIpc) is 1.60. The van der Waals surface area contributed by atoms with Gasteiger partial charge in [-0.25, -0.2) is 14.6 Å². The second-order valence-electron chi connectivity index (χ2n) is 30.1. The number of rotatable bonds is 10. The number of nitrogens with one attached hydrogen (secondary N) is 2. The first-order valence-corrected chi connectivity index (χ1v) is 46.0. The SMILES string of the molecule is C.C.C.C#N.CC(C)(c1ccn(-c2[c-]ccc3c2oc2ccccc23)n1)c1ccn(-c2[c-]ccc3c2oc2ccccc23)n1.CC(C)(c1ccn(-c2cccc3c2oc2ccccc23)n1)c1ccn(-c2cccc3c2oc2ccccc23)n1.CC(C)(c1ccn[nH]1)c1ccn[nH]1.Ic1cccc2c1oc1ccccc12.N#Cc1ccccc1.[B].[Cl][Pt][Cl].[Pt+2].[c-]1ccccc1. The Morgan fingerprint density at radius 3 is 1.00 bits per heavy atom. The Kier molecular flexibility index (Phi) is 32.1. The normalized spacial score (nSPS) is 10.9. The van der Waals surface area contributed by atoms with Crippen LogP contribution in [0, 0.1) is 44.9 Å². The van der Waals surface area contributed by atoms with Crippen molar-refractivity contribution >= 4 is 160 Å². The molecule has 0 unspecified atom stereocenters. The topological polar surface area (TPSA) is 242 Å². The van der Waals surface area contributed by atoms with Gasteiger partial charge in [0.25, 0.3) is 0 Å². The third-order valence-electron chi connectivity index (χ3n) is 21.5. The number of hydrogen-bond acceptors (Lipinski definition) is 13. The van der Waals surface area contributed by atoms with E-state index >= 15 is 0 Å². The molecule has 12 aromatic carbocycles. The summed E-state index contributed by atoms with van der Waals surface area (Å²) in [6.07, 6.45) is 11.4. The molecule has 0 saturated heterocycles. The molecule has 129 heavy (non-hydrogen) atoms. The Morgan fingerprint density at radius 1 is 0.364 bits per heavy atom. The Hall–Kier alpha value is -13.4. The van der Waals surface area contributed by atoms with E-state index in [9.17, 15) is 0 Å². The van der Waals surface area contributed by atoms with Crippen molar-refractivity contribution in [3.05, 3.63) is 396 Å². The summed E-state index contributed by atoms with van der Waals surface area (Å²) in [5, 5.41) is 59.5. The van der Waals surface area contributed by atoms with Gasteiger partial charge in [0.05, 0.1) is 48.8 Å². The van der Waals surface area contributed by atoms with Gasteiger partial charge in [0.2, 0.25) is 0 Å². The Balaban J connectivity index is 0.000000165. The predicted octanol–water partition coefficient (Wildman–Crippen LogP) is 27.7. The van der Waals surface area contributed by atoms with Crippen molar-refractivity contribution in [1.29, 1.82) is 10.5 Å². The van der Waals surface area contributed by atoms with E-state index in [1.807, 2.05) is 262 Å². The molecule has 0 aliphatic carbocycles. The number of aromatic amines is 2. The number of furan rings is 5. The number of benzene rings is 12. The standard InChI is InChI=1S/C33H24N4O2.C33H22N4O2.C12H7IO.C9H12N4.C7H5N.C6H5.CHN.3CH4.B.2ClH.2Pt/c2*1-33(2,29-17-19-36(34-29)25-13-7-11-23-21-9-3-5-15-27(21)38-31(23)25)30-18-20-37(35-30)26-14-8-12-24-22-10-4-6-16-28(22)39-32(24)26;13-10-6-3-5-9-8-4-1-2-7-11(8)14-12(9)10;1-9(2,7-3-5-10-12-7)8-4-6-11-13-8;8-6-7-4-2-1-3-5-7;1-2-4-6-5-3-1;1-2;;;;;;;;/h3-20H,1-2H3;3-12,15-20H,1-2H3;1-7H;3-6H,1-2H3,(H,10,12)(H,11,13);1-5H;1-5H;1H;3*1H4;;2*1H;;/q;-2;;;;-1;;;;;;;;2*+2/p-2. The first kappa shape index (κ1) is 96.3. The molecule has 11 aromatic heterocycles. The maximum atomic E-state index is 8.29. The Bertz CT molecular complexity index is 6970. The van der Waals surface area contributed by atoms with Crippen molar-refractivity contribution < 1.29 is 59.6 Å². The van der Waals surface area contributed by atoms with Crippen LogP contribution in [0.3, 0.4) is 0 Å². The van der Waals surface area contributed by atoms with Gasteiger partial charge in [0.1, 0.15) is 44.9 Å².